The first kappa shape index (κ1) is 19.6. The van der Waals surface area contributed by atoms with Crippen LogP contribution in [-0.2, 0) is 10.9 Å². The predicted octanol–water partition coefficient (Wildman–Crippen LogP) is 3.94. The maximum absolute atomic E-state index is 2.27. The van der Waals surface area contributed by atoms with Crippen LogP contribution in [0, 0.1) is 0 Å². The van der Waals surface area contributed by atoms with E-state index in [2.05, 4.69) is 115 Å². The van der Waals surface area contributed by atoms with Crippen molar-refractivity contribution in [2.45, 2.75) is 24.5 Å². The van der Waals surface area contributed by atoms with Crippen molar-refractivity contribution >= 4 is 22.7 Å². The largest absolute Gasteiger partial charge is 1.00 e. The molecule has 134 valence electrons. The van der Waals surface area contributed by atoms with Crippen LogP contribution in [0.1, 0.15) is 0 Å². The third-order valence-electron chi connectivity index (χ3n) is 4.00. The van der Waals surface area contributed by atoms with E-state index in [1.165, 1.54) is 24.5 Å². The van der Waals surface area contributed by atoms with Gasteiger partial charge in [-0.2, -0.15) is 0 Å². The summed E-state index contributed by atoms with van der Waals surface area (Å²) in [6, 6.07) is 41.1. The van der Waals surface area contributed by atoms with Crippen molar-refractivity contribution in [1.29, 1.82) is 0 Å². The summed E-state index contributed by atoms with van der Waals surface area (Å²) < 4.78 is 0. The van der Waals surface area contributed by atoms with E-state index in [1.807, 2.05) is 0 Å². The number of rotatable bonds is 5. The summed E-state index contributed by atoms with van der Waals surface area (Å²) in [6.07, 6.45) is 0. The monoisotopic (exact) mass is 406 g/mol. The molecule has 4 rings (SSSR count). The molecule has 0 atom stereocenters. The van der Waals surface area contributed by atoms with E-state index < -0.39 is 0 Å². The summed E-state index contributed by atoms with van der Waals surface area (Å²) in [6.45, 7) is 0. The van der Waals surface area contributed by atoms with E-state index >= 15 is 0 Å². The van der Waals surface area contributed by atoms with Gasteiger partial charge in [0.25, 0.3) is 0 Å². The van der Waals surface area contributed by atoms with Crippen LogP contribution in [0.5, 0.6) is 0 Å². The average molecular weight is 407 g/mol. The lowest BCUT2D eigenvalue weighted by Crippen LogP contribution is -3.00. The summed E-state index contributed by atoms with van der Waals surface area (Å²) in [7, 11) is -0.0786. The third-order valence-corrected chi connectivity index (χ3v) is 7.24. The number of halogens is 1. The molecule has 4 aromatic rings. The van der Waals surface area contributed by atoms with E-state index in [-0.39, 0.29) is 23.3 Å². The first-order valence-corrected chi connectivity index (χ1v) is 10.6. The van der Waals surface area contributed by atoms with E-state index in [0.717, 1.165) is 0 Å². The topological polar surface area (TPSA) is 0 Å². The third kappa shape index (κ3) is 4.98. The van der Waals surface area contributed by atoms with Crippen LogP contribution in [0.3, 0.4) is 0 Å². The van der Waals surface area contributed by atoms with Crippen LogP contribution in [0.25, 0.3) is 0 Å². The predicted molar refractivity (Wildman–Crippen MR) is 112 cm³/mol. The van der Waals surface area contributed by atoms with Crippen molar-refractivity contribution in [2.24, 2.45) is 0 Å². The normalized spacial score (nSPS) is 10.4. The van der Waals surface area contributed by atoms with Crippen molar-refractivity contribution in [3.05, 3.63) is 115 Å². The minimum atomic E-state index is -0.0786. The van der Waals surface area contributed by atoms with E-state index in [1.54, 1.807) is 11.8 Å². The van der Waals surface area contributed by atoms with E-state index in [9.17, 15) is 0 Å². The minimum absolute atomic E-state index is 0. The lowest BCUT2D eigenvalue weighted by molar-refractivity contribution is -0.00000501. The molecule has 0 unspecified atom stereocenters. The van der Waals surface area contributed by atoms with Gasteiger partial charge in [0, 0.05) is 9.79 Å². The summed E-state index contributed by atoms with van der Waals surface area (Å²) in [5, 5.41) is 0. The fourth-order valence-electron chi connectivity index (χ4n) is 2.79. The number of hydrogen-bond donors (Lipinski definition) is 0. The van der Waals surface area contributed by atoms with Gasteiger partial charge < -0.3 is 12.4 Å². The fraction of sp³-hybridized carbons (Fsp3) is 0. The number of hydrogen-bond acceptors (Lipinski definition) is 1. The van der Waals surface area contributed by atoms with Crippen molar-refractivity contribution in [1.82, 2.24) is 0 Å². The molecule has 0 saturated carbocycles. The second-order valence-corrected chi connectivity index (χ2v) is 8.99. The summed E-state index contributed by atoms with van der Waals surface area (Å²) in [4.78, 5) is 6.58. The first-order valence-electron chi connectivity index (χ1n) is 8.57. The molecule has 0 radical (unpaired) electrons. The summed E-state index contributed by atoms with van der Waals surface area (Å²) >= 11 is 1.80. The van der Waals surface area contributed by atoms with Crippen LogP contribution in [0.15, 0.2) is 140 Å². The highest BCUT2D eigenvalue weighted by molar-refractivity contribution is 7.99. The maximum Gasteiger partial charge on any atom is 0.166 e. The van der Waals surface area contributed by atoms with Crippen molar-refractivity contribution in [3.63, 3.8) is 0 Å². The molecule has 3 heteroatoms. The maximum atomic E-state index is 2.27. The van der Waals surface area contributed by atoms with Crippen LogP contribution >= 0.6 is 11.8 Å². The molecular weight excluding hydrogens is 388 g/mol. The van der Waals surface area contributed by atoms with Gasteiger partial charge in [0.2, 0.25) is 0 Å². The van der Waals surface area contributed by atoms with Gasteiger partial charge >= 0.3 is 0 Å². The molecule has 0 nitrogen and oxygen atoms in total. The molecule has 0 amide bonds. The Hall–Kier alpha value is -2.13. The molecule has 0 N–H and O–H groups in total. The number of benzene rings is 4. The molecular formula is C24H19ClS2. The van der Waals surface area contributed by atoms with Gasteiger partial charge in [0.1, 0.15) is 0 Å². The van der Waals surface area contributed by atoms with Crippen molar-refractivity contribution in [2.75, 3.05) is 0 Å². The highest BCUT2D eigenvalue weighted by atomic mass is 35.5. The smallest absolute Gasteiger partial charge is 0.166 e. The molecule has 27 heavy (non-hydrogen) atoms. The standard InChI is InChI=1S/C24H19S2.ClH/c1-4-10-20(11-5-1)25-21-16-18-24(19-17-21)26(22-12-6-2-7-13-22)23-14-8-3-9-15-23;/h1-19H;1H/q+1;/p-1. The molecule has 4 aromatic carbocycles. The fourth-order valence-corrected chi connectivity index (χ4v) is 5.71. The van der Waals surface area contributed by atoms with E-state index in [4.69, 9.17) is 0 Å². The highest BCUT2D eigenvalue weighted by Crippen LogP contribution is 2.33. The molecule has 0 spiro atoms. The summed E-state index contributed by atoms with van der Waals surface area (Å²) in [5.74, 6) is 0. The molecule has 0 fully saturated rings. The molecule has 0 bridgehead atoms. The zero-order valence-corrected chi connectivity index (χ0v) is 17.1. The van der Waals surface area contributed by atoms with Gasteiger partial charge in [-0.25, -0.2) is 0 Å². The van der Waals surface area contributed by atoms with Gasteiger partial charge in [-0.15, -0.1) is 0 Å². The molecule has 0 aliphatic rings. The van der Waals surface area contributed by atoms with Crippen LogP contribution < -0.4 is 12.4 Å². The van der Waals surface area contributed by atoms with Crippen molar-refractivity contribution in [3.8, 4) is 0 Å². The molecule has 0 aliphatic carbocycles. The summed E-state index contributed by atoms with van der Waals surface area (Å²) in [5.41, 5.74) is 0. The van der Waals surface area contributed by atoms with Crippen LogP contribution in [-0.4, -0.2) is 0 Å². The Bertz CT molecular complexity index is 900. The quantitative estimate of drug-likeness (QED) is 0.452. The van der Waals surface area contributed by atoms with Crippen molar-refractivity contribution < 1.29 is 12.4 Å². The second-order valence-electron chi connectivity index (χ2n) is 5.82. The zero-order valence-electron chi connectivity index (χ0n) is 14.7. The van der Waals surface area contributed by atoms with Gasteiger partial charge in [-0.3, -0.25) is 0 Å². The lowest BCUT2D eigenvalue weighted by Gasteiger charge is -2.08. The molecule has 0 saturated heterocycles. The van der Waals surface area contributed by atoms with Gasteiger partial charge in [-0.1, -0.05) is 66.4 Å². The van der Waals surface area contributed by atoms with E-state index in [0.29, 0.717) is 0 Å². The van der Waals surface area contributed by atoms with Crippen LogP contribution in [0.2, 0.25) is 0 Å². The minimum Gasteiger partial charge on any atom is -1.00 e. The SMILES string of the molecule is [Cl-].c1ccc(Sc2ccc([S+](c3ccccc3)c3ccccc3)cc2)cc1. The van der Waals surface area contributed by atoms with Gasteiger partial charge in [-0.05, 0) is 60.7 Å². The van der Waals surface area contributed by atoms with Gasteiger partial charge in [0.15, 0.2) is 14.7 Å². The molecule has 0 aromatic heterocycles. The zero-order chi connectivity index (χ0) is 17.6. The Morgan fingerprint density at radius 3 is 1.26 bits per heavy atom. The Morgan fingerprint density at radius 2 is 0.778 bits per heavy atom. The molecule has 0 heterocycles. The Morgan fingerprint density at radius 1 is 0.407 bits per heavy atom. The second kappa shape index (κ2) is 9.70. The van der Waals surface area contributed by atoms with Crippen LogP contribution in [0.4, 0.5) is 0 Å². The Labute approximate surface area is 174 Å². The lowest BCUT2D eigenvalue weighted by atomic mass is 10.3. The Balaban J connectivity index is 0.00000210. The Kier molecular flexibility index (Phi) is 7.05. The average Bonchev–Trinajstić information content (AvgIpc) is 2.72. The van der Waals surface area contributed by atoms with Gasteiger partial charge in [0.05, 0.1) is 10.9 Å². The first-order chi connectivity index (χ1) is 12.9. The highest BCUT2D eigenvalue weighted by Gasteiger charge is 2.27. The molecule has 0 aliphatic heterocycles.